The van der Waals surface area contributed by atoms with Crippen molar-refractivity contribution in [2.75, 3.05) is 5.32 Å². The van der Waals surface area contributed by atoms with Crippen molar-refractivity contribution in [3.63, 3.8) is 0 Å². The standard InChI is InChI=1S/C13H10Cl2N4O2S/c14-9-5-10(15)12-11(6-9)18-13(19-22(12,20)21)17-7-8-1-3-16-4-2-8/h1-6H,7H2,(H2,17,18,19). The van der Waals surface area contributed by atoms with E-state index in [1.165, 1.54) is 12.1 Å². The van der Waals surface area contributed by atoms with Crippen molar-refractivity contribution in [3.8, 4) is 0 Å². The zero-order chi connectivity index (χ0) is 15.7. The second-order valence-electron chi connectivity index (χ2n) is 4.51. The van der Waals surface area contributed by atoms with Crippen molar-refractivity contribution >= 4 is 44.9 Å². The van der Waals surface area contributed by atoms with Gasteiger partial charge in [0.15, 0.2) is 0 Å². The number of aromatic nitrogens is 1. The van der Waals surface area contributed by atoms with Gasteiger partial charge in [0.05, 0.1) is 10.7 Å². The molecule has 0 spiro atoms. The average molecular weight is 357 g/mol. The number of guanidine groups is 1. The van der Waals surface area contributed by atoms with Crippen LogP contribution in [0.4, 0.5) is 5.69 Å². The molecule has 0 radical (unpaired) electrons. The van der Waals surface area contributed by atoms with Gasteiger partial charge in [-0.3, -0.25) is 4.98 Å². The number of sulfonamides is 1. The summed E-state index contributed by atoms with van der Waals surface area (Å²) < 4.78 is 28.1. The first-order chi connectivity index (χ1) is 10.5. The predicted molar refractivity (Wildman–Crippen MR) is 85.8 cm³/mol. The maximum absolute atomic E-state index is 12.2. The van der Waals surface area contributed by atoms with Crippen LogP contribution >= 0.6 is 23.2 Å². The minimum absolute atomic E-state index is 0.0342. The normalized spacial score (nSPS) is 15.5. The maximum Gasteiger partial charge on any atom is 0.289 e. The summed E-state index contributed by atoms with van der Waals surface area (Å²) in [6.45, 7) is 0.396. The molecule has 1 aromatic carbocycles. The number of benzene rings is 1. The van der Waals surface area contributed by atoms with E-state index in [0.29, 0.717) is 17.3 Å². The highest BCUT2D eigenvalue weighted by molar-refractivity contribution is 7.90. The summed E-state index contributed by atoms with van der Waals surface area (Å²) in [7, 11) is -3.88. The number of halogens is 2. The summed E-state index contributed by atoms with van der Waals surface area (Å²) >= 11 is 11.9. The molecule has 0 fully saturated rings. The van der Waals surface area contributed by atoms with Crippen molar-refractivity contribution < 1.29 is 8.42 Å². The summed E-state index contributed by atoms with van der Waals surface area (Å²) in [6, 6.07) is 6.48. The Kier molecular flexibility index (Phi) is 3.94. The van der Waals surface area contributed by atoms with Gasteiger partial charge in [0.2, 0.25) is 5.96 Å². The molecule has 9 heteroatoms. The van der Waals surface area contributed by atoms with Gasteiger partial charge in [-0.1, -0.05) is 23.2 Å². The molecule has 2 N–H and O–H groups in total. The molecule has 0 unspecified atom stereocenters. The molecule has 1 aliphatic rings. The van der Waals surface area contributed by atoms with Crippen LogP contribution in [-0.2, 0) is 16.6 Å². The van der Waals surface area contributed by atoms with Gasteiger partial charge in [-0.05, 0) is 29.8 Å². The summed E-state index contributed by atoms with van der Waals surface area (Å²) in [5.74, 6) is 0.114. The smallest absolute Gasteiger partial charge is 0.289 e. The first-order valence-corrected chi connectivity index (χ1v) is 8.39. The Morgan fingerprint density at radius 2 is 1.91 bits per heavy atom. The van der Waals surface area contributed by atoms with Gasteiger partial charge in [-0.25, -0.2) is 0 Å². The zero-order valence-electron chi connectivity index (χ0n) is 11.0. The van der Waals surface area contributed by atoms with Crippen LogP contribution in [0, 0.1) is 0 Å². The lowest BCUT2D eigenvalue weighted by Gasteiger charge is -2.20. The Bertz CT molecular complexity index is 854. The zero-order valence-corrected chi connectivity index (χ0v) is 13.4. The Hall–Kier alpha value is -1.83. The second kappa shape index (κ2) is 5.75. The van der Waals surface area contributed by atoms with E-state index in [9.17, 15) is 8.42 Å². The Labute approximate surface area is 137 Å². The third kappa shape index (κ3) is 3.01. The van der Waals surface area contributed by atoms with Gasteiger partial charge in [-0.2, -0.15) is 8.42 Å². The van der Waals surface area contributed by atoms with Crippen LogP contribution in [0.15, 0.2) is 46.0 Å². The predicted octanol–water partition coefficient (Wildman–Crippen LogP) is 2.65. The van der Waals surface area contributed by atoms with Crippen molar-refractivity contribution in [1.29, 1.82) is 0 Å². The summed E-state index contributed by atoms with van der Waals surface area (Å²) in [5, 5.41) is 6.17. The van der Waals surface area contributed by atoms with Crippen LogP contribution in [-0.4, -0.2) is 19.4 Å². The largest absolute Gasteiger partial charge is 0.351 e. The third-order valence-electron chi connectivity index (χ3n) is 2.94. The van der Waals surface area contributed by atoms with Gasteiger partial charge in [0.25, 0.3) is 10.0 Å². The van der Waals surface area contributed by atoms with E-state index in [2.05, 4.69) is 20.0 Å². The molecule has 3 rings (SSSR count). The van der Waals surface area contributed by atoms with E-state index in [4.69, 9.17) is 23.2 Å². The molecule has 22 heavy (non-hydrogen) atoms. The number of hydrogen-bond donors (Lipinski definition) is 2. The highest BCUT2D eigenvalue weighted by Gasteiger charge is 2.28. The van der Waals surface area contributed by atoms with E-state index >= 15 is 0 Å². The van der Waals surface area contributed by atoms with Gasteiger partial charge >= 0.3 is 0 Å². The van der Waals surface area contributed by atoms with Gasteiger partial charge in [0.1, 0.15) is 4.90 Å². The molecular weight excluding hydrogens is 347 g/mol. The molecule has 1 aromatic heterocycles. The highest BCUT2D eigenvalue weighted by Crippen LogP contribution is 2.36. The first-order valence-electron chi connectivity index (χ1n) is 6.19. The number of nitrogens with zero attached hydrogens (tertiary/aromatic N) is 2. The Balaban J connectivity index is 1.89. The van der Waals surface area contributed by atoms with Gasteiger partial charge in [-0.15, -0.1) is 4.40 Å². The van der Waals surface area contributed by atoms with E-state index < -0.39 is 10.0 Å². The molecule has 2 aromatic rings. The summed E-state index contributed by atoms with van der Waals surface area (Å²) in [6.07, 6.45) is 3.30. The van der Waals surface area contributed by atoms with E-state index in [1.54, 1.807) is 12.4 Å². The van der Waals surface area contributed by atoms with Crippen molar-refractivity contribution in [2.45, 2.75) is 11.4 Å². The number of anilines is 1. The van der Waals surface area contributed by atoms with Crippen molar-refractivity contribution in [2.24, 2.45) is 4.40 Å². The summed E-state index contributed by atoms with van der Waals surface area (Å²) in [5.41, 5.74) is 1.23. The fourth-order valence-electron chi connectivity index (χ4n) is 1.99. The lowest BCUT2D eigenvalue weighted by molar-refractivity contribution is 0.597. The Morgan fingerprint density at radius 3 is 2.64 bits per heavy atom. The maximum atomic E-state index is 12.2. The van der Waals surface area contributed by atoms with Crippen LogP contribution < -0.4 is 10.6 Å². The number of rotatable bonds is 2. The van der Waals surface area contributed by atoms with E-state index in [0.717, 1.165) is 5.56 Å². The van der Waals surface area contributed by atoms with Crippen LogP contribution in [0.2, 0.25) is 10.0 Å². The van der Waals surface area contributed by atoms with Gasteiger partial charge < -0.3 is 10.6 Å². The van der Waals surface area contributed by atoms with Crippen LogP contribution in [0.25, 0.3) is 0 Å². The van der Waals surface area contributed by atoms with E-state index in [1.807, 2.05) is 12.1 Å². The molecule has 6 nitrogen and oxygen atoms in total. The number of nitrogens with one attached hydrogen (secondary N) is 2. The van der Waals surface area contributed by atoms with E-state index in [-0.39, 0.29) is 15.9 Å². The second-order valence-corrected chi connectivity index (χ2v) is 6.90. The van der Waals surface area contributed by atoms with Crippen LogP contribution in [0.1, 0.15) is 5.56 Å². The van der Waals surface area contributed by atoms with Crippen LogP contribution in [0.5, 0.6) is 0 Å². The molecule has 0 bridgehead atoms. The molecule has 1 aliphatic heterocycles. The number of hydrogen-bond acceptors (Lipinski definition) is 5. The topological polar surface area (TPSA) is 83.5 Å². The lowest BCUT2D eigenvalue weighted by atomic mass is 10.3. The van der Waals surface area contributed by atoms with Crippen molar-refractivity contribution in [3.05, 3.63) is 52.3 Å². The SMILES string of the molecule is O=S1(=O)N=C(NCc2ccncc2)Nc2cc(Cl)cc(Cl)c21. The summed E-state index contributed by atoms with van der Waals surface area (Å²) in [4.78, 5) is 3.84. The van der Waals surface area contributed by atoms with Crippen LogP contribution in [0.3, 0.4) is 0 Å². The minimum Gasteiger partial charge on any atom is -0.351 e. The number of pyridine rings is 1. The lowest BCUT2D eigenvalue weighted by Crippen LogP contribution is -2.34. The molecule has 0 saturated heterocycles. The first kappa shape index (κ1) is 15.1. The number of fused-ring (bicyclic) bond motifs is 1. The Morgan fingerprint density at radius 1 is 1.18 bits per heavy atom. The molecule has 114 valence electrons. The minimum atomic E-state index is -3.88. The molecule has 0 saturated carbocycles. The molecular formula is C13H10Cl2N4O2S. The van der Waals surface area contributed by atoms with Crippen molar-refractivity contribution in [1.82, 2.24) is 10.3 Å². The molecule has 0 aliphatic carbocycles. The van der Waals surface area contributed by atoms with Gasteiger partial charge in [0, 0.05) is 24.0 Å². The highest BCUT2D eigenvalue weighted by atomic mass is 35.5. The average Bonchev–Trinajstić information content (AvgIpc) is 2.44. The quantitative estimate of drug-likeness (QED) is 0.863. The fraction of sp³-hybridized carbons (Fsp3) is 0.0769. The molecule has 0 atom stereocenters. The molecule has 0 amide bonds. The fourth-order valence-corrected chi connectivity index (χ4v) is 3.92. The third-order valence-corrected chi connectivity index (χ3v) is 4.95. The molecule has 2 heterocycles. The monoisotopic (exact) mass is 356 g/mol.